The van der Waals surface area contributed by atoms with Crippen LogP contribution in [0.25, 0.3) is 17.4 Å². The first-order chi connectivity index (χ1) is 14.0. The van der Waals surface area contributed by atoms with Gasteiger partial charge in [-0.25, -0.2) is 9.18 Å². The molecule has 29 heavy (non-hydrogen) atoms. The molecule has 1 fully saturated rings. The van der Waals surface area contributed by atoms with Gasteiger partial charge in [0.15, 0.2) is 0 Å². The second kappa shape index (κ2) is 7.44. The fraction of sp³-hybridized carbons (Fsp3) is 0.0455. The van der Waals surface area contributed by atoms with E-state index in [4.69, 9.17) is 9.68 Å². The van der Waals surface area contributed by atoms with Crippen molar-refractivity contribution in [2.45, 2.75) is 6.54 Å². The molecule has 3 aromatic rings. The lowest BCUT2D eigenvalue weighted by Crippen LogP contribution is -2.30. The van der Waals surface area contributed by atoms with E-state index in [2.05, 4.69) is 5.32 Å². The minimum atomic E-state index is -0.622. The minimum absolute atomic E-state index is 0.0482. The number of imide groups is 1. The summed E-state index contributed by atoms with van der Waals surface area (Å²) in [6, 6.07) is 17.7. The molecule has 1 N–H and O–H groups in total. The van der Waals surface area contributed by atoms with Gasteiger partial charge in [0.2, 0.25) is 0 Å². The third-order valence-corrected chi connectivity index (χ3v) is 4.46. The van der Waals surface area contributed by atoms with E-state index in [-0.39, 0.29) is 17.8 Å². The molecule has 1 saturated heterocycles. The molecule has 7 heteroatoms. The topological polar surface area (TPSA) is 86.3 Å². The van der Waals surface area contributed by atoms with E-state index in [0.29, 0.717) is 17.1 Å². The smallest absolute Gasteiger partial charge is 0.329 e. The summed E-state index contributed by atoms with van der Waals surface area (Å²) in [5.74, 6) is -0.111. The Balaban J connectivity index is 1.54. The van der Waals surface area contributed by atoms with E-state index in [1.807, 2.05) is 6.07 Å². The summed E-state index contributed by atoms with van der Waals surface area (Å²) in [5, 5.41) is 11.4. The van der Waals surface area contributed by atoms with Gasteiger partial charge in [-0.3, -0.25) is 9.69 Å². The lowest BCUT2D eigenvalue weighted by Gasteiger charge is -2.12. The molecular formula is C22H14FN3O3. The minimum Gasteiger partial charge on any atom is -0.457 e. The first-order valence-electron chi connectivity index (χ1n) is 8.73. The fourth-order valence-electron chi connectivity index (χ4n) is 2.95. The number of benzene rings is 2. The van der Waals surface area contributed by atoms with Gasteiger partial charge in [-0.15, -0.1) is 0 Å². The molecule has 0 bridgehead atoms. The van der Waals surface area contributed by atoms with E-state index in [9.17, 15) is 14.0 Å². The third kappa shape index (κ3) is 3.64. The number of halogens is 1. The molecule has 6 nitrogen and oxygen atoms in total. The first kappa shape index (κ1) is 18.2. The number of furan rings is 1. The monoisotopic (exact) mass is 387 g/mol. The van der Waals surface area contributed by atoms with Crippen LogP contribution in [0.15, 0.2) is 70.8 Å². The average molecular weight is 387 g/mol. The van der Waals surface area contributed by atoms with Gasteiger partial charge in [0.1, 0.15) is 23.0 Å². The molecule has 2 aromatic carbocycles. The van der Waals surface area contributed by atoms with Crippen LogP contribution in [0.1, 0.15) is 16.9 Å². The highest BCUT2D eigenvalue weighted by Gasteiger charge is 2.34. The summed E-state index contributed by atoms with van der Waals surface area (Å²) >= 11 is 0. The third-order valence-electron chi connectivity index (χ3n) is 4.46. The van der Waals surface area contributed by atoms with Crippen molar-refractivity contribution in [3.63, 3.8) is 0 Å². The van der Waals surface area contributed by atoms with Crippen LogP contribution in [0.3, 0.4) is 0 Å². The van der Waals surface area contributed by atoms with Crippen LogP contribution in [0.5, 0.6) is 0 Å². The Morgan fingerprint density at radius 1 is 1.07 bits per heavy atom. The van der Waals surface area contributed by atoms with E-state index in [1.165, 1.54) is 18.2 Å². The Labute approximate surface area is 165 Å². The second-order valence-electron chi connectivity index (χ2n) is 6.36. The molecule has 1 aliphatic rings. The van der Waals surface area contributed by atoms with Crippen molar-refractivity contribution < 1.29 is 18.4 Å². The van der Waals surface area contributed by atoms with Crippen molar-refractivity contribution >= 4 is 18.0 Å². The number of rotatable bonds is 4. The zero-order chi connectivity index (χ0) is 20.4. The van der Waals surface area contributed by atoms with Crippen molar-refractivity contribution in [2.24, 2.45) is 0 Å². The van der Waals surface area contributed by atoms with Crippen LogP contribution >= 0.6 is 0 Å². The molecule has 4 rings (SSSR count). The number of amides is 3. The van der Waals surface area contributed by atoms with Crippen LogP contribution in [-0.4, -0.2) is 16.8 Å². The fourth-order valence-corrected chi connectivity index (χ4v) is 2.95. The molecule has 1 aromatic heterocycles. The van der Waals surface area contributed by atoms with Crippen LogP contribution < -0.4 is 5.32 Å². The standard InChI is InChI=1S/C22H14FN3O3/c23-18-4-2-1-3-16(18)13-26-21(27)19(25-22(26)28)11-17-9-10-20(29-17)15-7-5-14(12-24)6-8-15/h1-11H,13H2,(H,25,28). The number of nitrogens with zero attached hydrogens (tertiary/aromatic N) is 2. The lowest BCUT2D eigenvalue weighted by atomic mass is 10.1. The molecule has 2 heterocycles. The summed E-state index contributed by atoms with van der Waals surface area (Å²) < 4.78 is 19.6. The maximum absolute atomic E-state index is 13.8. The van der Waals surface area contributed by atoms with Gasteiger partial charge in [-0.2, -0.15) is 5.26 Å². The van der Waals surface area contributed by atoms with Gasteiger partial charge >= 0.3 is 6.03 Å². The van der Waals surface area contributed by atoms with Crippen LogP contribution in [-0.2, 0) is 11.3 Å². The second-order valence-corrected chi connectivity index (χ2v) is 6.36. The largest absolute Gasteiger partial charge is 0.457 e. The van der Waals surface area contributed by atoms with Gasteiger partial charge in [0.05, 0.1) is 18.2 Å². The van der Waals surface area contributed by atoms with Gasteiger partial charge in [0.25, 0.3) is 5.91 Å². The zero-order valence-electron chi connectivity index (χ0n) is 15.1. The molecule has 0 atom stereocenters. The van der Waals surface area contributed by atoms with Crippen molar-refractivity contribution in [1.29, 1.82) is 5.26 Å². The molecule has 0 saturated carbocycles. The Morgan fingerprint density at radius 2 is 1.83 bits per heavy atom. The summed E-state index contributed by atoms with van der Waals surface area (Å²) in [6.45, 7) is -0.163. The maximum Gasteiger partial charge on any atom is 0.329 e. The number of nitrogens with one attached hydrogen (secondary N) is 1. The molecule has 0 aliphatic carbocycles. The highest BCUT2D eigenvalue weighted by Crippen LogP contribution is 2.25. The van der Waals surface area contributed by atoms with Crippen molar-refractivity contribution in [1.82, 2.24) is 10.2 Å². The highest BCUT2D eigenvalue weighted by molar-refractivity contribution is 6.13. The SMILES string of the molecule is N#Cc1ccc(-c2ccc(C=C3NC(=O)N(Cc4ccccc4F)C3=O)o2)cc1. The summed E-state index contributed by atoms with van der Waals surface area (Å²) in [5.41, 5.74) is 1.61. The molecule has 0 unspecified atom stereocenters. The van der Waals surface area contributed by atoms with E-state index < -0.39 is 17.8 Å². The molecular weight excluding hydrogens is 373 g/mol. The molecule has 0 spiro atoms. The quantitative estimate of drug-likeness (QED) is 0.540. The molecule has 0 radical (unpaired) electrons. The van der Waals surface area contributed by atoms with Crippen LogP contribution in [0.4, 0.5) is 9.18 Å². The Morgan fingerprint density at radius 3 is 2.55 bits per heavy atom. The number of carbonyl (C=O) groups excluding carboxylic acids is 2. The number of urea groups is 1. The van der Waals surface area contributed by atoms with Crippen molar-refractivity contribution in [2.75, 3.05) is 0 Å². The Kier molecular flexibility index (Phi) is 4.67. The van der Waals surface area contributed by atoms with Gasteiger partial charge in [-0.05, 0) is 42.5 Å². The van der Waals surface area contributed by atoms with E-state index in [1.54, 1.807) is 48.5 Å². The predicted octanol–water partition coefficient (Wildman–Crippen LogP) is 4.05. The van der Waals surface area contributed by atoms with Gasteiger partial charge in [0, 0.05) is 17.2 Å². The average Bonchev–Trinajstić information content (AvgIpc) is 3.30. The van der Waals surface area contributed by atoms with Gasteiger partial charge in [-0.1, -0.05) is 18.2 Å². The molecule has 3 amide bonds. The van der Waals surface area contributed by atoms with Crippen molar-refractivity contribution in [3.8, 4) is 17.4 Å². The van der Waals surface area contributed by atoms with Crippen LogP contribution in [0.2, 0.25) is 0 Å². The number of nitriles is 1. The predicted molar refractivity (Wildman–Crippen MR) is 102 cm³/mol. The number of hydrogen-bond donors (Lipinski definition) is 1. The molecule has 1 aliphatic heterocycles. The number of hydrogen-bond acceptors (Lipinski definition) is 4. The Hall–Kier alpha value is -4.18. The number of carbonyl (C=O) groups is 2. The van der Waals surface area contributed by atoms with Crippen molar-refractivity contribution in [3.05, 3.63) is 89.1 Å². The summed E-state index contributed by atoms with van der Waals surface area (Å²) in [7, 11) is 0. The van der Waals surface area contributed by atoms with E-state index in [0.717, 1.165) is 10.5 Å². The summed E-state index contributed by atoms with van der Waals surface area (Å²) in [4.78, 5) is 25.7. The highest BCUT2D eigenvalue weighted by atomic mass is 19.1. The summed E-state index contributed by atoms with van der Waals surface area (Å²) in [6.07, 6.45) is 1.43. The maximum atomic E-state index is 13.8. The normalized spacial score (nSPS) is 14.9. The zero-order valence-corrected chi connectivity index (χ0v) is 15.1. The first-order valence-corrected chi connectivity index (χ1v) is 8.73. The van der Waals surface area contributed by atoms with Crippen LogP contribution in [0, 0.1) is 17.1 Å². The Bertz CT molecular complexity index is 1170. The lowest BCUT2D eigenvalue weighted by molar-refractivity contribution is -0.123. The molecule has 142 valence electrons. The van der Waals surface area contributed by atoms with E-state index >= 15 is 0 Å². The van der Waals surface area contributed by atoms with Gasteiger partial charge < -0.3 is 9.73 Å².